The summed E-state index contributed by atoms with van der Waals surface area (Å²) in [5, 5.41) is 0. The molecule has 0 aliphatic heterocycles. The number of nitrogen functional groups attached to an aromatic ring is 1. The van der Waals surface area contributed by atoms with Crippen LogP contribution < -0.4 is 5.73 Å². The van der Waals surface area contributed by atoms with Crippen molar-refractivity contribution in [3.8, 4) is 0 Å². The molecule has 0 radical (unpaired) electrons. The predicted octanol–water partition coefficient (Wildman–Crippen LogP) is 3.19. The minimum atomic E-state index is 0.566. The average Bonchev–Trinajstić information content (AvgIpc) is 2.45. The number of anilines is 1. The van der Waals surface area contributed by atoms with E-state index in [1.165, 1.54) is 0 Å². The van der Waals surface area contributed by atoms with E-state index in [1.54, 1.807) is 0 Å². The van der Waals surface area contributed by atoms with Gasteiger partial charge in [-0.15, -0.1) is 0 Å². The van der Waals surface area contributed by atoms with Gasteiger partial charge in [0.15, 0.2) is 0 Å². The molecule has 0 saturated carbocycles. The van der Waals surface area contributed by atoms with Crippen molar-refractivity contribution >= 4 is 27.4 Å². The van der Waals surface area contributed by atoms with Crippen LogP contribution in [0.25, 0.3) is 5.65 Å². The minimum absolute atomic E-state index is 0.566. The molecule has 0 aliphatic rings. The molecule has 0 amide bonds. The average molecular weight is 282 g/mol. The number of aromatic nitrogens is 2. The van der Waals surface area contributed by atoms with E-state index in [0.717, 1.165) is 33.6 Å². The van der Waals surface area contributed by atoms with Gasteiger partial charge in [0.2, 0.25) is 0 Å². The molecule has 0 unspecified atom stereocenters. The van der Waals surface area contributed by atoms with Crippen LogP contribution in [0.4, 0.5) is 5.82 Å². The zero-order chi connectivity index (χ0) is 11.9. The molecule has 2 aromatic rings. The van der Waals surface area contributed by atoms with E-state index in [0.29, 0.717) is 5.92 Å². The molecule has 2 rings (SSSR count). The number of hydrogen-bond donors (Lipinski definition) is 1. The van der Waals surface area contributed by atoms with Crippen LogP contribution in [0.15, 0.2) is 16.7 Å². The van der Waals surface area contributed by atoms with E-state index >= 15 is 0 Å². The van der Waals surface area contributed by atoms with Gasteiger partial charge in [-0.25, -0.2) is 4.98 Å². The fourth-order valence-electron chi connectivity index (χ4n) is 1.87. The second-order valence-electron chi connectivity index (χ2n) is 4.58. The van der Waals surface area contributed by atoms with Crippen molar-refractivity contribution in [3.63, 3.8) is 0 Å². The van der Waals surface area contributed by atoms with Gasteiger partial charge in [-0.1, -0.05) is 13.8 Å². The van der Waals surface area contributed by atoms with Crippen LogP contribution in [0.3, 0.4) is 0 Å². The number of rotatable bonds is 2. The first-order valence-corrected chi connectivity index (χ1v) is 6.21. The predicted molar refractivity (Wildman–Crippen MR) is 70.6 cm³/mol. The van der Waals surface area contributed by atoms with Gasteiger partial charge in [-0.05, 0) is 46.8 Å². The molecule has 4 heteroatoms. The van der Waals surface area contributed by atoms with Gasteiger partial charge < -0.3 is 5.73 Å². The summed E-state index contributed by atoms with van der Waals surface area (Å²) in [6.45, 7) is 6.39. The van der Waals surface area contributed by atoms with Crippen LogP contribution in [0.2, 0.25) is 0 Å². The zero-order valence-corrected chi connectivity index (χ0v) is 11.4. The zero-order valence-electron chi connectivity index (χ0n) is 9.79. The smallest absolute Gasteiger partial charge is 0.141 e. The number of nitrogens with two attached hydrogens (primary N) is 1. The highest BCUT2D eigenvalue weighted by atomic mass is 79.9. The van der Waals surface area contributed by atoms with Gasteiger partial charge in [-0.2, -0.15) is 0 Å². The Labute approximate surface area is 104 Å². The molecule has 2 heterocycles. The summed E-state index contributed by atoms with van der Waals surface area (Å²) < 4.78 is 2.98. The Morgan fingerprint density at radius 1 is 1.50 bits per heavy atom. The van der Waals surface area contributed by atoms with Gasteiger partial charge in [0.25, 0.3) is 0 Å². The Kier molecular flexibility index (Phi) is 2.93. The molecule has 0 spiro atoms. The van der Waals surface area contributed by atoms with Crippen molar-refractivity contribution < 1.29 is 0 Å². The summed E-state index contributed by atoms with van der Waals surface area (Å²) >= 11 is 3.47. The first-order valence-electron chi connectivity index (χ1n) is 5.41. The van der Waals surface area contributed by atoms with E-state index in [2.05, 4.69) is 40.8 Å². The van der Waals surface area contributed by atoms with E-state index < -0.39 is 0 Å². The maximum Gasteiger partial charge on any atom is 0.141 e. The molecule has 3 nitrogen and oxygen atoms in total. The number of halogens is 1. The Morgan fingerprint density at radius 2 is 2.19 bits per heavy atom. The molecule has 16 heavy (non-hydrogen) atoms. The van der Waals surface area contributed by atoms with Crippen molar-refractivity contribution in [2.75, 3.05) is 5.73 Å². The monoisotopic (exact) mass is 281 g/mol. The second kappa shape index (κ2) is 4.09. The largest absolute Gasteiger partial charge is 0.383 e. The SMILES string of the molecule is Cc1cc(Br)cn2c(N)c(CC(C)C)nc12. The van der Waals surface area contributed by atoms with Gasteiger partial charge in [0.05, 0.1) is 5.69 Å². The Hall–Kier alpha value is -1.03. The Morgan fingerprint density at radius 3 is 2.81 bits per heavy atom. The van der Waals surface area contributed by atoms with Crippen molar-refractivity contribution in [1.29, 1.82) is 0 Å². The third-order valence-electron chi connectivity index (χ3n) is 2.59. The quantitative estimate of drug-likeness (QED) is 0.919. The van der Waals surface area contributed by atoms with Crippen LogP contribution >= 0.6 is 15.9 Å². The summed E-state index contributed by atoms with van der Waals surface area (Å²) in [7, 11) is 0. The van der Waals surface area contributed by atoms with Crippen molar-refractivity contribution in [3.05, 3.63) is 28.0 Å². The van der Waals surface area contributed by atoms with E-state index in [9.17, 15) is 0 Å². The molecule has 0 saturated heterocycles. The van der Waals surface area contributed by atoms with Gasteiger partial charge >= 0.3 is 0 Å². The fourth-order valence-corrected chi connectivity index (χ4v) is 2.42. The summed E-state index contributed by atoms with van der Waals surface area (Å²) in [6, 6.07) is 2.06. The summed E-state index contributed by atoms with van der Waals surface area (Å²) in [5.74, 6) is 1.32. The highest BCUT2D eigenvalue weighted by molar-refractivity contribution is 9.10. The molecule has 0 aliphatic carbocycles. The number of pyridine rings is 1. The van der Waals surface area contributed by atoms with E-state index in [-0.39, 0.29) is 0 Å². The molecular weight excluding hydrogens is 266 g/mol. The van der Waals surface area contributed by atoms with Crippen LogP contribution in [-0.2, 0) is 6.42 Å². The first kappa shape index (κ1) is 11.5. The Bertz CT molecular complexity index is 529. The van der Waals surface area contributed by atoms with E-state index in [1.807, 2.05) is 17.5 Å². The topological polar surface area (TPSA) is 43.3 Å². The molecule has 2 aromatic heterocycles. The number of hydrogen-bond acceptors (Lipinski definition) is 2. The molecule has 0 bridgehead atoms. The van der Waals surface area contributed by atoms with Crippen molar-refractivity contribution in [1.82, 2.24) is 9.38 Å². The molecule has 0 aromatic carbocycles. The van der Waals surface area contributed by atoms with Crippen molar-refractivity contribution in [2.45, 2.75) is 27.2 Å². The highest BCUT2D eigenvalue weighted by Gasteiger charge is 2.12. The summed E-state index contributed by atoms with van der Waals surface area (Å²) in [5.41, 5.74) is 9.19. The second-order valence-corrected chi connectivity index (χ2v) is 5.49. The molecule has 0 atom stereocenters. The normalized spacial score (nSPS) is 11.6. The van der Waals surface area contributed by atoms with Gasteiger partial charge in [-0.3, -0.25) is 4.40 Å². The number of fused-ring (bicyclic) bond motifs is 1. The first-order chi connectivity index (χ1) is 7.49. The van der Waals surface area contributed by atoms with Crippen LogP contribution in [0.1, 0.15) is 25.1 Å². The maximum absolute atomic E-state index is 6.10. The van der Waals surface area contributed by atoms with Crippen molar-refractivity contribution in [2.24, 2.45) is 5.92 Å². The fraction of sp³-hybridized carbons (Fsp3) is 0.417. The van der Waals surface area contributed by atoms with Crippen LogP contribution in [0.5, 0.6) is 0 Å². The maximum atomic E-state index is 6.10. The van der Waals surface area contributed by atoms with E-state index in [4.69, 9.17) is 5.73 Å². The molecular formula is C12H16BrN3. The van der Waals surface area contributed by atoms with Crippen LogP contribution in [0, 0.1) is 12.8 Å². The molecule has 86 valence electrons. The lowest BCUT2D eigenvalue weighted by Crippen LogP contribution is -2.00. The number of aryl methyl sites for hydroxylation is 1. The number of nitrogens with zero attached hydrogens (tertiary/aromatic N) is 2. The highest BCUT2D eigenvalue weighted by Crippen LogP contribution is 2.23. The summed E-state index contributed by atoms with van der Waals surface area (Å²) in [4.78, 5) is 4.61. The lowest BCUT2D eigenvalue weighted by atomic mass is 10.1. The third-order valence-corrected chi connectivity index (χ3v) is 3.02. The standard InChI is InChI=1S/C12H16BrN3/c1-7(2)4-10-11(14)16-6-9(13)5-8(3)12(16)15-10/h5-7H,4,14H2,1-3H3. The lowest BCUT2D eigenvalue weighted by molar-refractivity contribution is 0.639. The number of imidazole rings is 1. The lowest BCUT2D eigenvalue weighted by Gasteiger charge is -2.02. The molecule has 2 N–H and O–H groups in total. The van der Waals surface area contributed by atoms with Crippen LogP contribution in [-0.4, -0.2) is 9.38 Å². The third kappa shape index (κ3) is 1.94. The van der Waals surface area contributed by atoms with Gasteiger partial charge in [0, 0.05) is 10.7 Å². The summed E-state index contributed by atoms with van der Waals surface area (Å²) in [6.07, 6.45) is 2.89. The van der Waals surface area contributed by atoms with Gasteiger partial charge in [0.1, 0.15) is 11.5 Å². The minimum Gasteiger partial charge on any atom is -0.383 e. The Balaban J connectivity index is 2.63. The molecule has 0 fully saturated rings.